The van der Waals surface area contributed by atoms with Gasteiger partial charge < -0.3 is 15.0 Å². The van der Waals surface area contributed by atoms with E-state index < -0.39 is 0 Å². The lowest BCUT2D eigenvalue weighted by Gasteiger charge is -2.35. The number of carbonyl (C=O) groups excluding carboxylic acids is 1. The van der Waals surface area contributed by atoms with Crippen molar-refractivity contribution in [3.8, 4) is 5.75 Å². The molecule has 0 saturated carbocycles. The van der Waals surface area contributed by atoms with Crippen LogP contribution in [0, 0.1) is 0 Å². The summed E-state index contributed by atoms with van der Waals surface area (Å²) in [4.78, 5) is 15.0. The van der Waals surface area contributed by atoms with Crippen LogP contribution in [0.4, 0.5) is 0 Å². The summed E-state index contributed by atoms with van der Waals surface area (Å²) < 4.78 is 5.44. The molecule has 1 amide bonds. The van der Waals surface area contributed by atoms with Crippen molar-refractivity contribution in [2.45, 2.75) is 51.5 Å². The molecule has 4 nitrogen and oxygen atoms in total. The standard InChI is InChI=1S/C19H30N2O2/c1-4-13-21(16-9-11-20-12-10-16)19(22)14-15(2)17-7-5-6-8-18(17)23-3/h5-8,15-16,20H,4,9-14H2,1-3H3. The first-order valence-corrected chi connectivity index (χ1v) is 8.80. The summed E-state index contributed by atoms with van der Waals surface area (Å²) in [7, 11) is 1.69. The van der Waals surface area contributed by atoms with Crippen LogP contribution >= 0.6 is 0 Å². The summed E-state index contributed by atoms with van der Waals surface area (Å²) in [6.07, 6.45) is 3.69. The summed E-state index contributed by atoms with van der Waals surface area (Å²) in [5, 5.41) is 3.38. The minimum absolute atomic E-state index is 0.166. The highest BCUT2D eigenvalue weighted by Gasteiger charge is 2.26. The number of nitrogens with one attached hydrogen (secondary N) is 1. The van der Waals surface area contributed by atoms with Crippen LogP contribution in [0.2, 0.25) is 0 Å². The smallest absolute Gasteiger partial charge is 0.223 e. The molecule has 0 bridgehead atoms. The quantitative estimate of drug-likeness (QED) is 0.839. The van der Waals surface area contributed by atoms with Crippen LogP contribution in [0.25, 0.3) is 0 Å². The maximum Gasteiger partial charge on any atom is 0.223 e. The molecule has 4 heteroatoms. The zero-order valence-corrected chi connectivity index (χ0v) is 14.7. The van der Waals surface area contributed by atoms with E-state index in [1.165, 1.54) is 0 Å². The fourth-order valence-corrected chi connectivity index (χ4v) is 3.43. The second-order valence-electron chi connectivity index (χ2n) is 6.42. The van der Waals surface area contributed by atoms with Crippen molar-refractivity contribution in [2.75, 3.05) is 26.7 Å². The Labute approximate surface area is 140 Å². The normalized spacial score (nSPS) is 16.8. The summed E-state index contributed by atoms with van der Waals surface area (Å²) in [5.41, 5.74) is 1.12. The number of para-hydroxylation sites is 1. The van der Waals surface area contributed by atoms with Crippen LogP contribution in [0.3, 0.4) is 0 Å². The zero-order chi connectivity index (χ0) is 16.7. The molecule has 1 aliphatic heterocycles. The Bertz CT molecular complexity index is 498. The molecule has 0 radical (unpaired) electrons. The summed E-state index contributed by atoms with van der Waals surface area (Å²) in [5.74, 6) is 1.31. The molecule has 1 saturated heterocycles. The van der Waals surface area contributed by atoms with Gasteiger partial charge in [-0.25, -0.2) is 0 Å². The van der Waals surface area contributed by atoms with Crippen molar-refractivity contribution in [3.63, 3.8) is 0 Å². The minimum Gasteiger partial charge on any atom is -0.496 e. The SMILES string of the molecule is CCCN(C(=O)CC(C)c1ccccc1OC)C1CCNCC1. The molecule has 1 aromatic rings. The highest BCUT2D eigenvalue weighted by molar-refractivity contribution is 5.77. The van der Waals surface area contributed by atoms with Gasteiger partial charge in [0.2, 0.25) is 5.91 Å². The zero-order valence-electron chi connectivity index (χ0n) is 14.7. The second-order valence-corrected chi connectivity index (χ2v) is 6.42. The number of ether oxygens (including phenoxy) is 1. The Morgan fingerprint density at radius 1 is 1.35 bits per heavy atom. The van der Waals surface area contributed by atoms with Gasteiger partial charge in [-0.05, 0) is 49.9 Å². The molecular weight excluding hydrogens is 288 g/mol. The van der Waals surface area contributed by atoms with Gasteiger partial charge in [-0.15, -0.1) is 0 Å². The van der Waals surface area contributed by atoms with E-state index in [9.17, 15) is 4.79 Å². The van der Waals surface area contributed by atoms with Gasteiger partial charge in [0.05, 0.1) is 7.11 Å². The van der Waals surface area contributed by atoms with E-state index in [-0.39, 0.29) is 11.8 Å². The van der Waals surface area contributed by atoms with Crippen molar-refractivity contribution in [1.29, 1.82) is 0 Å². The Morgan fingerprint density at radius 3 is 2.70 bits per heavy atom. The van der Waals surface area contributed by atoms with Crippen molar-refractivity contribution in [2.24, 2.45) is 0 Å². The maximum absolute atomic E-state index is 12.9. The Hall–Kier alpha value is -1.55. The number of hydrogen-bond donors (Lipinski definition) is 1. The Kier molecular flexibility index (Phi) is 6.90. The highest BCUT2D eigenvalue weighted by Crippen LogP contribution is 2.29. The fraction of sp³-hybridized carbons (Fsp3) is 0.632. The summed E-state index contributed by atoms with van der Waals surface area (Å²) in [6.45, 7) is 7.15. The molecule has 1 fully saturated rings. The molecule has 1 atom stereocenters. The predicted octanol–water partition coefficient (Wildman–Crippen LogP) is 3.18. The van der Waals surface area contributed by atoms with Gasteiger partial charge in [0, 0.05) is 19.0 Å². The molecule has 1 heterocycles. The monoisotopic (exact) mass is 318 g/mol. The second kappa shape index (κ2) is 8.92. The van der Waals surface area contributed by atoms with E-state index in [1.807, 2.05) is 18.2 Å². The number of benzene rings is 1. The number of carbonyl (C=O) groups is 1. The third kappa shape index (κ3) is 4.71. The average molecular weight is 318 g/mol. The van der Waals surface area contributed by atoms with Crippen molar-refractivity contribution < 1.29 is 9.53 Å². The van der Waals surface area contributed by atoms with E-state index in [0.717, 1.165) is 50.2 Å². The number of methoxy groups -OCH3 is 1. The Balaban J connectivity index is 2.04. The number of piperidine rings is 1. The first kappa shape index (κ1) is 17.8. The molecule has 1 N–H and O–H groups in total. The van der Waals surface area contributed by atoms with Gasteiger partial charge in [0.1, 0.15) is 5.75 Å². The molecule has 1 aliphatic rings. The first-order chi connectivity index (χ1) is 11.2. The lowest BCUT2D eigenvalue weighted by atomic mass is 9.95. The molecule has 1 aromatic carbocycles. The third-order valence-electron chi connectivity index (χ3n) is 4.68. The van der Waals surface area contributed by atoms with E-state index in [1.54, 1.807) is 7.11 Å². The third-order valence-corrected chi connectivity index (χ3v) is 4.68. The largest absolute Gasteiger partial charge is 0.496 e. The van der Waals surface area contributed by atoms with Crippen LogP contribution in [0.1, 0.15) is 51.0 Å². The molecule has 23 heavy (non-hydrogen) atoms. The average Bonchev–Trinajstić information content (AvgIpc) is 2.60. The molecule has 128 valence electrons. The molecule has 0 aliphatic carbocycles. The van der Waals surface area contributed by atoms with Crippen LogP contribution in [0.15, 0.2) is 24.3 Å². The number of amides is 1. The van der Waals surface area contributed by atoms with Crippen molar-refractivity contribution >= 4 is 5.91 Å². The summed E-state index contributed by atoms with van der Waals surface area (Å²) in [6, 6.07) is 8.40. The molecule has 0 spiro atoms. The van der Waals surface area contributed by atoms with Crippen LogP contribution in [-0.4, -0.2) is 43.6 Å². The van der Waals surface area contributed by atoms with E-state index in [2.05, 4.69) is 30.1 Å². The van der Waals surface area contributed by atoms with Gasteiger partial charge in [0.25, 0.3) is 0 Å². The lowest BCUT2D eigenvalue weighted by Crippen LogP contribution is -2.46. The number of hydrogen-bond acceptors (Lipinski definition) is 3. The fourth-order valence-electron chi connectivity index (χ4n) is 3.43. The molecule has 2 rings (SSSR count). The van der Waals surface area contributed by atoms with Crippen molar-refractivity contribution in [3.05, 3.63) is 29.8 Å². The van der Waals surface area contributed by atoms with Crippen molar-refractivity contribution in [1.82, 2.24) is 10.2 Å². The summed E-state index contributed by atoms with van der Waals surface area (Å²) >= 11 is 0. The van der Waals surface area contributed by atoms with E-state index >= 15 is 0 Å². The Morgan fingerprint density at radius 2 is 2.04 bits per heavy atom. The predicted molar refractivity (Wildman–Crippen MR) is 93.9 cm³/mol. The molecule has 1 unspecified atom stereocenters. The topological polar surface area (TPSA) is 41.6 Å². The van der Waals surface area contributed by atoms with Crippen LogP contribution < -0.4 is 10.1 Å². The van der Waals surface area contributed by atoms with Gasteiger partial charge in [-0.3, -0.25) is 4.79 Å². The maximum atomic E-state index is 12.9. The van der Waals surface area contributed by atoms with Crippen LogP contribution in [0.5, 0.6) is 5.75 Å². The van der Waals surface area contributed by atoms with E-state index in [0.29, 0.717) is 12.5 Å². The van der Waals surface area contributed by atoms with E-state index in [4.69, 9.17) is 4.74 Å². The molecule has 0 aromatic heterocycles. The highest BCUT2D eigenvalue weighted by atomic mass is 16.5. The first-order valence-electron chi connectivity index (χ1n) is 8.80. The van der Waals surface area contributed by atoms with Gasteiger partial charge in [0.15, 0.2) is 0 Å². The van der Waals surface area contributed by atoms with Gasteiger partial charge in [-0.1, -0.05) is 32.0 Å². The molecular formula is C19H30N2O2. The van der Waals surface area contributed by atoms with Crippen LogP contribution in [-0.2, 0) is 4.79 Å². The lowest BCUT2D eigenvalue weighted by molar-refractivity contribution is -0.134. The number of rotatable bonds is 7. The van der Waals surface area contributed by atoms with Gasteiger partial charge in [-0.2, -0.15) is 0 Å². The number of nitrogens with zero attached hydrogens (tertiary/aromatic N) is 1. The minimum atomic E-state index is 0.166. The van der Waals surface area contributed by atoms with Gasteiger partial charge >= 0.3 is 0 Å².